The Kier molecular flexibility index (Phi) is 4.58. The fraction of sp³-hybridized carbons (Fsp3) is 0.364. The lowest BCUT2D eigenvalue weighted by molar-refractivity contribution is -0.124. The normalized spacial score (nSPS) is 12.2. The first-order valence-corrected chi connectivity index (χ1v) is 5.31. The van der Waals surface area contributed by atoms with Gasteiger partial charge in [0.1, 0.15) is 5.75 Å². The molecule has 0 aliphatic carbocycles. The number of carbonyl (C=O) groups is 1. The van der Waals surface area contributed by atoms with E-state index in [2.05, 4.69) is 5.32 Å². The summed E-state index contributed by atoms with van der Waals surface area (Å²) in [6, 6.07) is 5.24. The number of hydrogen-bond acceptors (Lipinski definition) is 3. The minimum Gasteiger partial charge on any atom is -0.481 e. The number of benzene rings is 1. The van der Waals surface area contributed by atoms with Crippen LogP contribution in [0.5, 0.6) is 5.75 Å². The van der Waals surface area contributed by atoms with Crippen LogP contribution in [-0.2, 0) is 11.3 Å². The van der Waals surface area contributed by atoms with E-state index in [9.17, 15) is 4.79 Å². The van der Waals surface area contributed by atoms with Crippen molar-refractivity contribution < 1.29 is 9.53 Å². The van der Waals surface area contributed by atoms with E-state index in [0.717, 1.165) is 5.56 Å². The van der Waals surface area contributed by atoms with Gasteiger partial charge in [0.15, 0.2) is 6.10 Å². The third kappa shape index (κ3) is 3.40. The number of hydrogen-bond donors (Lipinski definition) is 2. The lowest BCUT2D eigenvalue weighted by atomic mass is 10.2. The summed E-state index contributed by atoms with van der Waals surface area (Å²) < 4.78 is 5.44. The Morgan fingerprint density at radius 3 is 2.88 bits per heavy atom. The third-order valence-electron chi connectivity index (χ3n) is 2.09. The summed E-state index contributed by atoms with van der Waals surface area (Å²) in [6.45, 7) is 2.22. The first-order valence-electron chi connectivity index (χ1n) is 4.93. The van der Waals surface area contributed by atoms with Gasteiger partial charge in [0.2, 0.25) is 0 Å². The van der Waals surface area contributed by atoms with E-state index in [1.165, 1.54) is 0 Å². The van der Waals surface area contributed by atoms with Crippen molar-refractivity contribution in [3.8, 4) is 5.75 Å². The number of ether oxygens (including phenoxy) is 1. The van der Waals surface area contributed by atoms with Crippen LogP contribution in [0.25, 0.3) is 0 Å². The van der Waals surface area contributed by atoms with Crippen molar-refractivity contribution in [2.75, 3.05) is 7.05 Å². The fourth-order valence-corrected chi connectivity index (χ4v) is 1.43. The molecule has 4 nitrogen and oxygen atoms in total. The second-order valence-corrected chi connectivity index (χ2v) is 3.88. The number of nitrogens with one attached hydrogen (secondary N) is 1. The zero-order valence-corrected chi connectivity index (χ0v) is 10.0. The third-order valence-corrected chi connectivity index (χ3v) is 2.33. The van der Waals surface area contributed by atoms with Crippen LogP contribution < -0.4 is 15.8 Å². The Morgan fingerprint density at radius 1 is 1.62 bits per heavy atom. The summed E-state index contributed by atoms with van der Waals surface area (Å²) in [5.41, 5.74) is 6.02. The van der Waals surface area contributed by atoms with Gasteiger partial charge in [-0.2, -0.15) is 0 Å². The summed E-state index contributed by atoms with van der Waals surface area (Å²) in [6.07, 6.45) is -0.656. The zero-order chi connectivity index (χ0) is 12.1. The molecule has 1 aromatic rings. The lowest BCUT2D eigenvalue weighted by Gasteiger charge is -2.15. The molecule has 16 heavy (non-hydrogen) atoms. The van der Waals surface area contributed by atoms with Crippen LogP contribution in [-0.4, -0.2) is 19.1 Å². The van der Waals surface area contributed by atoms with Crippen LogP contribution in [0.15, 0.2) is 18.2 Å². The highest BCUT2D eigenvalue weighted by atomic mass is 35.5. The smallest absolute Gasteiger partial charge is 0.258 e. The van der Waals surface area contributed by atoms with E-state index in [-0.39, 0.29) is 0 Å². The van der Waals surface area contributed by atoms with Crippen LogP contribution in [0, 0.1) is 0 Å². The van der Waals surface area contributed by atoms with Crippen molar-refractivity contribution in [2.24, 2.45) is 5.73 Å². The van der Waals surface area contributed by atoms with Gasteiger partial charge in [0.25, 0.3) is 5.91 Å². The molecule has 0 bridgehead atoms. The monoisotopic (exact) mass is 242 g/mol. The molecule has 3 N–H and O–H groups in total. The molecule has 0 radical (unpaired) electrons. The van der Waals surface area contributed by atoms with Crippen molar-refractivity contribution in [2.45, 2.75) is 19.6 Å². The van der Waals surface area contributed by atoms with Crippen molar-refractivity contribution >= 4 is 17.5 Å². The van der Waals surface area contributed by atoms with Crippen LogP contribution in [0.2, 0.25) is 5.02 Å². The number of rotatable bonds is 5. The largest absolute Gasteiger partial charge is 0.481 e. The summed E-state index contributed by atoms with van der Waals surface area (Å²) in [5.74, 6) is 0.121. The maximum atomic E-state index is 10.9. The number of nitrogens with two attached hydrogens (primary N) is 1. The van der Waals surface area contributed by atoms with Crippen LogP contribution in [0.1, 0.15) is 12.5 Å². The molecule has 1 amide bonds. The first kappa shape index (κ1) is 12.8. The predicted molar refractivity (Wildman–Crippen MR) is 63.5 cm³/mol. The molecule has 0 heterocycles. The summed E-state index contributed by atoms with van der Waals surface area (Å²) >= 11 is 5.88. The molecular formula is C11H15ClN2O2. The van der Waals surface area contributed by atoms with E-state index >= 15 is 0 Å². The minimum absolute atomic E-state index is 0.495. The van der Waals surface area contributed by atoms with Gasteiger partial charge in [-0.1, -0.05) is 11.6 Å². The molecule has 0 aliphatic heterocycles. The van der Waals surface area contributed by atoms with Gasteiger partial charge in [-0.05, 0) is 32.2 Å². The average Bonchev–Trinajstić information content (AvgIpc) is 2.22. The topological polar surface area (TPSA) is 64.3 Å². The summed E-state index contributed by atoms with van der Waals surface area (Å²) in [5, 5.41) is 3.63. The molecule has 5 heteroatoms. The van der Waals surface area contributed by atoms with E-state index < -0.39 is 12.0 Å². The Morgan fingerprint density at radius 2 is 2.31 bits per heavy atom. The van der Waals surface area contributed by atoms with Gasteiger partial charge >= 0.3 is 0 Å². The highest BCUT2D eigenvalue weighted by Crippen LogP contribution is 2.23. The van der Waals surface area contributed by atoms with E-state index in [1.807, 2.05) is 7.05 Å². The molecule has 0 saturated heterocycles. The van der Waals surface area contributed by atoms with Gasteiger partial charge in [-0.25, -0.2) is 0 Å². The molecule has 1 rings (SSSR count). The van der Waals surface area contributed by atoms with Crippen LogP contribution in [0.4, 0.5) is 0 Å². The zero-order valence-electron chi connectivity index (χ0n) is 9.29. The second kappa shape index (κ2) is 5.72. The molecule has 0 spiro atoms. The number of amides is 1. The van der Waals surface area contributed by atoms with Crippen molar-refractivity contribution in [1.29, 1.82) is 0 Å². The fourth-order valence-electron chi connectivity index (χ4n) is 1.24. The van der Waals surface area contributed by atoms with Gasteiger partial charge < -0.3 is 15.8 Å². The molecule has 1 atom stereocenters. The number of carbonyl (C=O) groups excluding carboxylic acids is 1. The van der Waals surface area contributed by atoms with E-state index in [4.69, 9.17) is 22.1 Å². The highest BCUT2D eigenvalue weighted by molar-refractivity contribution is 6.30. The summed E-state index contributed by atoms with van der Waals surface area (Å²) in [7, 11) is 1.82. The van der Waals surface area contributed by atoms with Crippen molar-refractivity contribution in [1.82, 2.24) is 5.32 Å². The Labute approximate surface area is 99.7 Å². The van der Waals surface area contributed by atoms with Crippen LogP contribution >= 0.6 is 11.6 Å². The first-order chi connectivity index (χ1) is 7.54. The van der Waals surface area contributed by atoms with Crippen LogP contribution in [0.3, 0.4) is 0 Å². The lowest BCUT2D eigenvalue weighted by Crippen LogP contribution is -2.31. The molecular weight excluding hydrogens is 228 g/mol. The van der Waals surface area contributed by atoms with Gasteiger partial charge in [-0.3, -0.25) is 4.79 Å². The van der Waals surface area contributed by atoms with E-state index in [0.29, 0.717) is 17.3 Å². The van der Waals surface area contributed by atoms with Gasteiger partial charge in [-0.15, -0.1) is 0 Å². The van der Waals surface area contributed by atoms with Crippen molar-refractivity contribution in [3.63, 3.8) is 0 Å². The number of primary amides is 1. The van der Waals surface area contributed by atoms with Gasteiger partial charge in [0.05, 0.1) is 0 Å². The maximum Gasteiger partial charge on any atom is 0.258 e. The minimum atomic E-state index is -0.656. The molecule has 88 valence electrons. The average molecular weight is 243 g/mol. The number of halogens is 1. The Hall–Kier alpha value is -1.26. The molecule has 0 fully saturated rings. The molecule has 0 aliphatic rings. The standard InChI is InChI=1S/C11H15ClN2O2/c1-7(11(13)15)16-10-4-3-9(12)5-8(10)6-14-2/h3-5,7,14H,6H2,1-2H3,(H2,13,15). The second-order valence-electron chi connectivity index (χ2n) is 3.44. The quantitative estimate of drug-likeness (QED) is 0.818. The molecule has 1 aromatic carbocycles. The predicted octanol–water partition coefficient (Wildman–Crippen LogP) is 1.31. The van der Waals surface area contributed by atoms with E-state index in [1.54, 1.807) is 25.1 Å². The van der Waals surface area contributed by atoms with Crippen molar-refractivity contribution in [3.05, 3.63) is 28.8 Å². The Bertz CT molecular complexity index is 382. The Balaban J connectivity index is 2.89. The SMILES string of the molecule is CNCc1cc(Cl)ccc1OC(C)C(N)=O. The maximum absolute atomic E-state index is 10.9. The molecule has 0 aromatic heterocycles. The molecule has 0 saturated carbocycles. The highest BCUT2D eigenvalue weighted by Gasteiger charge is 2.12. The van der Waals surface area contributed by atoms with Gasteiger partial charge in [0, 0.05) is 17.1 Å². The summed E-state index contributed by atoms with van der Waals surface area (Å²) in [4.78, 5) is 10.9. The molecule has 1 unspecified atom stereocenters.